The molecule has 0 aromatic heterocycles. The van der Waals surface area contributed by atoms with Crippen LogP contribution in [0, 0.1) is 11.7 Å². The van der Waals surface area contributed by atoms with E-state index in [2.05, 4.69) is 5.32 Å². The van der Waals surface area contributed by atoms with E-state index in [1.807, 2.05) is 13.8 Å². The van der Waals surface area contributed by atoms with Crippen LogP contribution in [0.4, 0.5) is 15.8 Å². The van der Waals surface area contributed by atoms with Crippen LogP contribution in [0.25, 0.3) is 0 Å². The van der Waals surface area contributed by atoms with E-state index >= 15 is 0 Å². The van der Waals surface area contributed by atoms with Crippen molar-refractivity contribution >= 4 is 11.4 Å². The zero-order valence-electron chi connectivity index (χ0n) is 11.0. The minimum Gasteiger partial charge on any atom is -0.488 e. The molecule has 18 heavy (non-hydrogen) atoms. The number of nitrogens with one attached hydrogen (secondary N) is 1. The summed E-state index contributed by atoms with van der Waals surface area (Å²) in [5.74, 6) is 0.715. The van der Waals surface area contributed by atoms with Crippen molar-refractivity contribution in [2.45, 2.75) is 39.2 Å². The van der Waals surface area contributed by atoms with Crippen LogP contribution in [0.3, 0.4) is 0 Å². The zero-order valence-corrected chi connectivity index (χ0v) is 11.0. The number of anilines is 2. The standard InChI is InChI=1S/C14H21FN2O/c1-9(2)18-14-8-13(12(16)7-11(14)15)17-6-5-10-3-4-10/h7-10,17H,3-6,16H2,1-2H3. The lowest BCUT2D eigenvalue weighted by Gasteiger charge is -2.15. The van der Waals surface area contributed by atoms with Crippen molar-refractivity contribution in [3.63, 3.8) is 0 Å². The van der Waals surface area contributed by atoms with Gasteiger partial charge in [-0.15, -0.1) is 0 Å². The molecule has 0 heterocycles. The van der Waals surface area contributed by atoms with Crippen molar-refractivity contribution < 1.29 is 9.13 Å². The Balaban J connectivity index is 2.02. The summed E-state index contributed by atoms with van der Waals surface area (Å²) in [6, 6.07) is 2.97. The number of benzene rings is 1. The number of nitrogen functional groups attached to an aromatic ring is 1. The van der Waals surface area contributed by atoms with Gasteiger partial charge in [-0.2, -0.15) is 0 Å². The average molecular weight is 252 g/mol. The molecule has 0 aliphatic heterocycles. The molecule has 2 rings (SSSR count). The van der Waals surface area contributed by atoms with Crippen LogP contribution in [-0.4, -0.2) is 12.6 Å². The largest absolute Gasteiger partial charge is 0.488 e. The fourth-order valence-electron chi connectivity index (χ4n) is 1.88. The minimum atomic E-state index is -0.408. The van der Waals surface area contributed by atoms with Crippen LogP contribution in [0.5, 0.6) is 5.75 Å². The molecular weight excluding hydrogens is 231 g/mol. The zero-order chi connectivity index (χ0) is 13.1. The maximum atomic E-state index is 13.6. The Bertz CT molecular complexity index is 417. The van der Waals surface area contributed by atoms with Crippen LogP contribution < -0.4 is 15.8 Å². The number of hydrogen-bond acceptors (Lipinski definition) is 3. The van der Waals surface area contributed by atoms with E-state index in [0.717, 1.165) is 24.6 Å². The summed E-state index contributed by atoms with van der Waals surface area (Å²) in [6.45, 7) is 4.62. The molecule has 0 atom stereocenters. The molecule has 1 aromatic carbocycles. The monoisotopic (exact) mass is 252 g/mol. The van der Waals surface area contributed by atoms with Gasteiger partial charge < -0.3 is 15.8 Å². The number of halogens is 1. The van der Waals surface area contributed by atoms with Crippen molar-refractivity contribution in [2.24, 2.45) is 5.92 Å². The molecule has 0 radical (unpaired) electrons. The predicted molar refractivity (Wildman–Crippen MR) is 72.4 cm³/mol. The summed E-state index contributed by atoms with van der Waals surface area (Å²) in [5, 5.41) is 3.25. The van der Waals surface area contributed by atoms with E-state index in [1.54, 1.807) is 6.07 Å². The van der Waals surface area contributed by atoms with Gasteiger partial charge in [-0.3, -0.25) is 0 Å². The Morgan fingerprint density at radius 3 is 2.78 bits per heavy atom. The Kier molecular flexibility index (Phi) is 3.94. The smallest absolute Gasteiger partial charge is 0.167 e. The number of rotatable bonds is 6. The summed E-state index contributed by atoms with van der Waals surface area (Å²) in [5.41, 5.74) is 6.98. The molecule has 4 heteroatoms. The number of nitrogens with two attached hydrogens (primary N) is 1. The highest BCUT2D eigenvalue weighted by Gasteiger charge is 2.20. The molecule has 1 fully saturated rings. The fraction of sp³-hybridized carbons (Fsp3) is 0.571. The molecule has 3 N–H and O–H groups in total. The molecule has 3 nitrogen and oxygen atoms in total. The lowest BCUT2D eigenvalue weighted by molar-refractivity contribution is 0.231. The SMILES string of the molecule is CC(C)Oc1cc(NCCC2CC2)c(N)cc1F. The molecule has 0 bridgehead atoms. The summed E-state index contributed by atoms with van der Waals surface area (Å²) in [4.78, 5) is 0. The van der Waals surface area contributed by atoms with Crippen molar-refractivity contribution in [2.75, 3.05) is 17.6 Å². The van der Waals surface area contributed by atoms with Gasteiger partial charge in [0.1, 0.15) is 0 Å². The molecule has 0 spiro atoms. The predicted octanol–water partition coefficient (Wildman–Crippen LogP) is 3.41. The van der Waals surface area contributed by atoms with Gasteiger partial charge in [0, 0.05) is 18.7 Å². The Hall–Kier alpha value is -1.45. The first-order valence-electron chi connectivity index (χ1n) is 6.56. The van der Waals surface area contributed by atoms with Crippen molar-refractivity contribution in [3.05, 3.63) is 17.9 Å². The van der Waals surface area contributed by atoms with E-state index < -0.39 is 5.82 Å². The van der Waals surface area contributed by atoms with Gasteiger partial charge in [0.15, 0.2) is 11.6 Å². The second-order valence-corrected chi connectivity index (χ2v) is 5.20. The first-order chi connectivity index (χ1) is 8.56. The van der Waals surface area contributed by atoms with Crippen molar-refractivity contribution in [1.82, 2.24) is 0 Å². The van der Waals surface area contributed by atoms with Gasteiger partial charge >= 0.3 is 0 Å². The number of hydrogen-bond donors (Lipinski definition) is 2. The second kappa shape index (κ2) is 5.46. The minimum absolute atomic E-state index is 0.0533. The van der Waals surface area contributed by atoms with Gasteiger partial charge in [0.05, 0.1) is 17.5 Å². The molecular formula is C14H21FN2O. The molecule has 0 saturated heterocycles. The van der Waals surface area contributed by atoms with E-state index in [-0.39, 0.29) is 11.9 Å². The van der Waals surface area contributed by atoms with Crippen LogP contribution in [0.1, 0.15) is 33.1 Å². The molecule has 1 saturated carbocycles. The Labute approximate surface area is 108 Å². The molecule has 0 unspecified atom stereocenters. The van der Waals surface area contributed by atoms with Gasteiger partial charge in [-0.05, 0) is 26.2 Å². The van der Waals surface area contributed by atoms with Crippen LogP contribution in [-0.2, 0) is 0 Å². The van der Waals surface area contributed by atoms with Gasteiger partial charge in [-0.25, -0.2) is 4.39 Å². The van der Waals surface area contributed by atoms with Crippen molar-refractivity contribution in [3.8, 4) is 5.75 Å². The molecule has 1 aliphatic rings. The average Bonchev–Trinajstić information content (AvgIpc) is 3.08. The molecule has 0 amide bonds. The van der Waals surface area contributed by atoms with Crippen molar-refractivity contribution in [1.29, 1.82) is 0 Å². The van der Waals surface area contributed by atoms with Crippen LogP contribution in [0.2, 0.25) is 0 Å². The van der Waals surface area contributed by atoms with E-state index in [9.17, 15) is 4.39 Å². The molecule has 1 aromatic rings. The topological polar surface area (TPSA) is 47.3 Å². The van der Waals surface area contributed by atoms with E-state index in [0.29, 0.717) is 5.69 Å². The summed E-state index contributed by atoms with van der Waals surface area (Å²) < 4.78 is 19.0. The fourth-order valence-corrected chi connectivity index (χ4v) is 1.88. The summed E-state index contributed by atoms with van der Waals surface area (Å²) in [7, 11) is 0. The van der Waals surface area contributed by atoms with E-state index in [4.69, 9.17) is 10.5 Å². The second-order valence-electron chi connectivity index (χ2n) is 5.20. The van der Waals surface area contributed by atoms with Gasteiger partial charge in [0.2, 0.25) is 0 Å². The Morgan fingerprint density at radius 2 is 2.17 bits per heavy atom. The highest BCUT2D eigenvalue weighted by atomic mass is 19.1. The third kappa shape index (κ3) is 3.52. The lowest BCUT2D eigenvalue weighted by atomic mass is 10.2. The first-order valence-corrected chi connectivity index (χ1v) is 6.56. The maximum absolute atomic E-state index is 13.6. The third-order valence-corrected chi connectivity index (χ3v) is 3.03. The first kappa shape index (κ1) is 13.0. The highest BCUT2D eigenvalue weighted by Crippen LogP contribution is 2.33. The van der Waals surface area contributed by atoms with Crippen LogP contribution in [0.15, 0.2) is 12.1 Å². The Morgan fingerprint density at radius 1 is 1.44 bits per heavy atom. The van der Waals surface area contributed by atoms with Crippen LogP contribution >= 0.6 is 0 Å². The lowest BCUT2D eigenvalue weighted by Crippen LogP contribution is -2.10. The number of ether oxygens (including phenoxy) is 1. The highest BCUT2D eigenvalue weighted by molar-refractivity contribution is 5.68. The quantitative estimate of drug-likeness (QED) is 0.763. The maximum Gasteiger partial charge on any atom is 0.167 e. The van der Waals surface area contributed by atoms with Gasteiger partial charge in [0.25, 0.3) is 0 Å². The molecule has 100 valence electrons. The molecule has 1 aliphatic carbocycles. The van der Waals surface area contributed by atoms with Gasteiger partial charge in [-0.1, -0.05) is 12.8 Å². The summed E-state index contributed by atoms with van der Waals surface area (Å²) >= 11 is 0. The normalized spacial score (nSPS) is 14.9. The third-order valence-electron chi connectivity index (χ3n) is 3.03. The van der Waals surface area contributed by atoms with E-state index in [1.165, 1.54) is 18.9 Å². The summed E-state index contributed by atoms with van der Waals surface area (Å²) in [6.07, 6.45) is 3.77.